The lowest BCUT2D eigenvalue weighted by Crippen LogP contribution is -2.23. The molecule has 0 amide bonds. The van der Waals surface area contributed by atoms with Gasteiger partial charge in [-0.1, -0.05) is 18.2 Å². The molecule has 5 nitrogen and oxygen atoms in total. The van der Waals surface area contributed by atoms with E-state index in [-0.39, 0.29) is 6.61 Å². The van der Waals surface area contributed by atoms with Gasteiger partial charge in [0.2, 0.25) is 5.95 Å². The predicted molar refractivity (Wildman–Crippen MR) is 114 cm³/mol. The largest absolute Gasteiger partial charge is 0.485 e. The molecule has 0 bridgehead atoms. The highest BCUT2D eigenvalue weighted by molar-refractivity contribution is 7.19. The van der Waals surface area contributed by atoms with Crippen molar-refractivity contribution in [2.24, 2.45) is 0 Å². The first kappa shape index (κ1) is 20.9. The number of aliphatic hydroxyl groups excluding tert-OH is 1. The smallest absolute Gasteiger partial charge is 0.222 e. The molecule has 0 aliphatic rings. The zero-order valence-electron chi connectivity index (χ0n) is 16.0. The minimum absolute atomic E-state index is 0.383. The molecular weight excluding hydrogens is 396 g/mol. The molecule has 1 N–H and O–H groups in total. The first-order chi connectivity index (χ1) is 14.0. The minimum Gasteiger partial charge on any atom is -0.485 e. The third kappa shape index (κ3) is 5.36. The second-order valence-corrected chi connectivity index (χ2v) is 7.48. The molecule has 1 atom stereocenters. The summed E-state index contributed by atoms with van der Waals surface area (Å²) in [5.41, 5.74) is 1.19. The normalized spacial score (nSPS) is 12.9. The quantitative estimate of drug-likeness (QED) is 0.437. The number of benzene rings is 1. The summed E-state index contributed by atoms with van der Waals surface area (Å²) in [7, 11) is 3.61. The summed E-state index contributed by atoms with van der Waals surface area (Å²) in [6.45, 7) is -1.14. The Balaban J connectivity index is 1.69. The highest BCUT2D eigenvalue weighted by Gasteiger charge is 2.10. The van der Waals surface area contributed by atoms with Crippen molar-refractivity contribution in [2.75, 3.05) is 32.3 Å². The van der Waals surface area contributed by atoms with E-state index in [1.165, 1.54) is 11.3 Å². The summed E-state index contributed by atoms with van der Waals surface area (Å²) in [4.78, 5) is 10.1. The molecule has 0 fully saturated rings. The van der Waals surface area contributed by atoms with Crippen molar-refractivity contribution in [3.05, 3.63) is 59.0 Å². The number of fused-ring (bicyclic) bond motifs is 1. The number of rotatable bonds is 8. The zero-order valence-corrected chi connectivity index (χ0v) is 16.9. The van der Waals surface area contributed by atoms with Gasteiger partial charge in [-0.3, -0.25) is 0 Å². The third-order valence-electron chi connectivity index (χ3n) is 4.00. The molecule has 152 valence electrons. The van der Waals surface area contributed by atoms with E-state index in [1.807, 2.05) is 6.08 Å². The van der Waals surface area contributed by atoms with Crippen LogP contribution in [0.25, 0.3) is 22.4 Å². The Morgan fingerprint density at radius 1 is 1.17 bits per heavy atom. The minimum atomic E-state index is -0.869. The van der Waals surface area contributed by atoms with Gasteiger partial charge in [0.25, 0.3) is 0 Å². The van der Waals surface area contributed by atoms with Gasteiger partial charge in [-0.05, 0) is 36.4 Å². The lowest BCUT2D eigenvalue weighted by molar-refractivity contribution is 0.0933. The number of hydrogen-bond donors (Lipinski definition) is 1. The van der Waals surface area contributed by atoms with Gasteiger partial charge in [-0.25, -0.2) is 14.4 Å². The fraction of sp³-hybridized carbons (Fsp3) is 0.238. The number of alkyl halides is 1. The Hall–Kier alpha value is -2.84. The van der Waals surface area contributed by atoms with Crippen molar-refractivity contribution in [3.63, 3.8) is 0 Å². The summed E-state index contributed by atoms with van der Waals surface area (Å²) in [6.07, 6.45) is 6.09. The molecular formula is C21H21F2N3O2S. The monoisotopic (exact) mass is 417 g/mol. The number of nitrogens with zero attached hydrogens (tertiary/aromatic N) is 3. The molecule has 1 aromatic carbocycles. The number of thiazole rings is 1. The van der Waals surface area contributed by atoms with Gasteiger partial charge in [0, 0.05) is 19.7 Å². The molecule has 8 heteroatoms. The van der Waals surface area contributed by atoms with Crippen LogP contribution in [0.3, 0.4) is 0 Å². The molecule has 0 radical (unpaired) electrons. The van der Waals surface area contributed by atoms with Crippen molar-refractivity contribution in [1.82, 2.24) is 9.97 Å². The van der Waals surface area contributed by atoms with Crippen LogP contribution in [0.1, 0.15) is 10.6 Å². The van der Waals surface area contributed by atoms with E-state index < -0.39 is 18.7 Å². The first-order valence-corrected chi connectivity index (χ1v) is 9.74. The zero-order chi connectivity index (χ0) is 20.8. The van der Waals surface area contributed by atoms with Crippen LogP contribution in [0.4, 0.5) is 14.6 Å². The van der Waals surface area contributed by atoms with Crippen LogP contribution in [0.15, 0.2) is 42.5 Å². The molecule has 0 aliphatic heterocycles. The topological polar surface area (TPSA) is 58.5 Å². The van der Waals surface area contributed by atoms with E-state index >= 15 is 0 Å². The van der Waals surface area contributed by atoms with Crippen molar-refractivity contribution in [1.29, 1.82) is 0 Å². The maximum atomic E-state index is 14.0. The van der Waals surface area contributed by atoms with Crippen molar-refractivity contribution in [2.45, 2.75) is 6.10 Å². The van der Waals surface area contributed by atoms with Gasteiger partial charge < -0.3 is 14.7 Å². The van der Waals surface area contributed by atoms with Gasteiger partial charge in [0.1, 0.15) is 29.4 Å². The first-order valence-electron chi connectivity index (χ1n) is 8.93. The average Bonchev–Trinajstić information content (AvgIpc) is 3.12. The number of anilines is 1. The van der Waals surface area contributed by atoms with E-state index in [2.05, 4.69) is 9.97 Å². The Morgan fingerprint density at radius 3 is 2.66 bits per heavy atom. The fourth-order valence-corrected chi connectivity index (χ4v) is 3.39. The van der Waals surface area contributed by atoms with Crippen molar-refractivity contribution < 1.29 is 18.6 Å². The van der Waals surface area contributed by atoms with E-state index in [1.54, 1.807) is 67.6 Å². The van der Waals surface area contributed by atoms with E-state index in [9.17, 15) is 8.78 Å². The highest BCUT2D eigenvalue weighted by atomic mass is 32.1. The average molecular weight is 417 g/mol. The standard InChI is InChI=1S/C21H21F2N3O2S/c1-26(2)19-10-7-14(21(23)25-19)5-3-4-6-20-24-17-9-8-15(11-18(17)29-20)28-16(12-22)13-27/h3-11,16,27H,12-13H2,1-2H3/b5-3+,6-4+. The van der Waals surface area contributed by atoms with Crippen LogP contribution in [-0.4, -0.2) is 48.6 Å². The number of halogens is 2. The van der Waals surface area contributed by atoms with Gasteiger partial charge in [-0.2, -0.15) is 4.39 Å². The summed E-state index contributed by atoms with van der Waals surface area (Å²) in [5.74, 6) is 0.519. The van der Waals surface area contributed by atoms with Gasteiger partial charge in [-0.15, -0.1) is 11.3 Å². The number of aliphatic hydroxyl groups is 1. The van der Waals surface area contributed by atoms with Crippen LogP contribution in [-0.2, 0) is 0 Å². The molecule has 0 aliphatic carbocycles. The molecule has 3 aromatic rings. The molecule has 3 rings (SSSR count). The van der Waals surface area contributed by atoms with Gasteiger partial charge in [0.15, 0.2) is 0 Å². The third-order valence-corrected chi connectivity index (χ3v) is 4.99. The number of ether oxygens (including phenoxy) is 1. The second-order valence-electron chi connectivity index (χ2n) is 6.42. The number of pyridine rings is 1. The fourth-order valence-electron chi connectivity index (χ4n) is 2.48. The second kappa shape index (κ2) is 9.58. The van der Waals surface area contributed by atoms with Gasteiger partial charge >= 0.3 is 0 Å². The molecule has 29 heavy (non-hydrogen) atoms. The van der Waals surface area contributed by atoms with Crippen LogP contribution in [0.5, 0.6) is 5.75 Å². The van der Waals surface area contributed by atoms with Crippen LogP contribution < -0.4 is 9.64 Å². The van der Waals surface area contributed by atoms with Crippen molar-refractivity contribution >= 4 is 39.5 Å². The maximum Gasteiger partial charge on any atom is 0.222 e. The summed E-state index contributed by atoms with van der Waals surface area (Å²) >= 11 is 1.45. The Kier molecular flexibility index (Phi) is 6.90. The van der Waals surface area contributed by atoms with Crippen LogP contribution >= 0.6 is 11.3 Å². The maximum absolute atomic E-state index is 14.0. The molecule has 0 saturated carbocycles. The predicted octanol–water partition coefficient (Wildman–Crippen LogP) is 4.33. The highest BCUT2D eigenvalue weighted by Crippen LogP contribution is 2.27. The summed E-state index contributed by atoms with van der Waals surface area (Å²) < 4.78 is 33.0. The number of allylic oxidation sites excluding steroid dienone is 2. The Morgan fingerprint density at radius 2 is 1.97 bits per heavy atom. The number of hydrogen-bond acceptors (Lipinski definition) is 6. The van der Waals surface area contributed by atoms with Crippen LogP contribution in [0, 0.1) is 5.95 Å². The lowest BCUT2D eigenvalue weighted by atomic mass is 10.2. The molecule has 2 aromatic heterocycles. The van der Waals surface area contributed by atoms with Gasteiger partial charge in [0.05, 0.1) is 16.8 Å². The SMILES string of the molecule is CN(C)c1ccc(/C=C/C=C/c2nc3ccc(OC(CO)CF)cc3s2)c(F)n1. The van der Waals surface area contributed by atoms with Crippen LogP contribution in [0.2, 0.25) is 0 Å². The van der Waals surface area contributed by atoms with E-state index in [0.717, 1.165) is 15.2 Å². The summed E-state index contributed by atoms with van der Waals surface area (Å²) in [6, 6.07) is 8.68. The molecule has 0 saturated heterocycles. The summed E-state index contributed by atoms with van der Waals surface area (Å²) in [5, 5.41) is 9.81. The van der Waals surface area contributed by atoms with E-state index in [4.69, 9.17) is 9.84 Å². The Bertz CT molecular complexity index is 1030. The van der Waals surface area contributed by atoms with Crippen molar-refractivity contribution in [3.8, 4) is 5.75 Å². The Labute approximate surface area is 171 Å². The number of aromatic nitrogens is 2. The molecule has 0 spiro atoms. The molecule has 2 heterocycles. The lowest BCUT2D eigenvalue weighted by Gasteiger charge is -2.12. The molecule has 1 unspecified atom stereocenters. The van der Waals surface area contributed by atoms with E-state index in [0.29, 0.717) is 17.1 Å².